The van der Waals surface area contributed by atoms with Crippen LogP contribution in [-0.4, -0.2) is 23.4 Å². The molecule has 1 N–H and O–H groups in total. The molecule has 0 aromatic carbocycles. The molecule has 0 radical (unpaired) electrons. The van der Waals surface area contributed by atoms with E-state index >= 15 is 0 Å². The number of methoxy groups -OCH3 is 1. The topological polar surface area (TPSA) is 39.1 Å². The van der Waals surface area contributed by atoms with E-state index in [2.05, 4.69) is 23.4 Å². The number of thiophene rings is 1. The molecular weight excluding hydrogens is 234 g/mol. The molecule has 0 aliphatic heterocycles. The van der Waals surface area contributed by atoms with Gasteiger partial charge in [0, 0.05) is 29.1 Å². The third-order valence-electron chi connectivity index (χ3n) is 2.58. The van der Waals surface area contributed by atoms with Crippen molar-refractivity contribution < 1.29 is 4.74 Å². The Morgan fingerprint density at radius 2 is 2.41 bits per heavy atom. The highest BCUT2D eigenvalue weighted by atomic mass is 32.1. The Balaban J connectivity index is 2.28. The smallest absolute Gasteiger partial charge is 0.129 e. The molecule has 2 rings (SSSR count). The molecule has 4 nitrogen and oxygen atoms in total. The van der Waals surface area contributed by atoms with Crippen molar-refractivity contribution >= 4 is 11.3 Å². The second-order valence-corrected chi connectivity index (χ2v) is 4.77. The van der Waals surface area contributed by atoms with E-state index in [1.165, 1.54) is 10.4 Å². The number of aromatic nitrogens is 2. The fraction of sp³-hybridized carbons (Fsp3) is 0.417. The number of nitrogens with zero attached hydrogens (tertiary/aromatic N) is 2. The van der Waals surface area contributed by atoms with Gasteiger partial charge in [0.25, 0.3) is 0 Å². The molecule has 0 saturated carbocycles. The fourth-order valence-corrected chi connectivity index (χ4v) is 2.73. The van der Waals surface area contributed by atoms with Crippen LogP contribution in [0.1, 0.15) is 23.4 Å². The van der Waals surface area contributed by atoms with Gasteiger partial charge < -0.3 is 10.1 Å². The lowest BCUT2D eigenvalue weighted by atomic mass is 10.1. The number of aryl methyl sites for hydroxylation is 1. The van der Waals surface area contributed by atoms with Crippen molar-refractivity contribution in [2.75, 3.05) is 13.7 Å². The van der Waals surface area contributed by atoms with Crippen molar-refractivity contribution in [3.8, 4) is 5.75 Å². The molecule has 0 amide bonds. The molecule has 2 aromatic rings. The number of hydrogen-bond donors (Lipinski definition) is 1. The Kier molecular flexibility index (Phi) is 3.81. The van der Waals surface area contributed by atoms with Gasteiger partial charge in [-0.1, -0.05) is 6.92 Å². The number of nitrogens with one attached hydrogen (secondary N) is 1. The van der Waals surface area contributed by atoms with Crippen LogP contribution in [0.5, 0.6) is 5.75 Å². The standard InChI is InChI=1S/C12H17N3OS/c1-4-13-12(9-6-14-15(2)7-9)11-5-10(16-3)8-17-11/h5-8,12-13H,4H2,1-3H3. The maximum atomic E-state index is 5.23. The van der Waals surface area contributed by atoms with Gasteiger partial charge in [-0.15, -0.1) is 11.3 Å². The van der Waals surface area contributed by atoms with Crippen molar-refractivity contribution in [1.29, 1.82) is 0 Å². The predicted molar refractivity (Wildman–Crippen MR) is 69.6 cm³/mol. The van der Waals surface area contributed by atoms with Gasteiger partial charge >= 0.3 is 0 Å². The summed E-state index contributed by atoms with van der Waals surface area (Å²) in [7, 11) is 3.62. The largest absolute Gasteiger partial charge is 0.496 e. The van der Waals surface area contributed by atoms with Gasteiger partial charge in [0.05, 0.1) is 19.3 Å². The fourth-order valence-electron chi connectivity index (χ4n) is 1.77. The third-order valence-corrected chi connectivity index (χ3v) is 3.56. The first-order valence-corrected chi connectivity index (χ1v) is 6.47. The molecule has 0 saturated heterocycles. The molecular formula is C12H17N3OS. The maximum Gasteiger partial charge on any atom is 0.129 e. The van der Waals surface area contributed by atoms with Crippen molar-refractivity contribution in [2.45, 2.75) is 13.0 Å². The van der Waals surface area contributed by atoms with Crippen molar-refractivity contribution in [3.63, 3.8) is 0 Å². The molecule has 1 atom stereocenters. The normalized spacial score (nSPS) is 12.6. The Morgan fingerprint density at radius 1 is 1.59 bits per heavy atom. The molecule has 17 heavy (non-hydrogen) atoms. The van der Waals surface area contributed by atoms with Crippen LogP contribution in [0.2, 0.25) is 0 Å². The number of ether oxygens (including phenoxy) is 1. The van der Waals surface area contributed by atoms with Crippen LogP contribution >= 0.6 is 11.3 Å². The highest BCUT2D eigenvalue weighted by Gasteiger charge is 2.16. The van der Waals surface area contributed by atoms with Crippen LogP contribution in [-0.2, 0) is 7.05 Å². The van der Waals surface area contributed by atoms with Crippen LogP contribution in [0.25, 0.3) is 0 Å². The number of rotatable bonds is 5. The number of hydrogen-bond acceptors (Lipinski definition) is 4. The van der Waals surface area contributed by atoms with Crippen molar-refractivity contribution in [2.24, 2.45) is 7.05 Å². The summed E-state index contributed by atoms with van der Waals surface area (Å²) in [5.41, 5.74) is 1.18. The van der Waals surface area contributed by atoms with E-state index in [-0.39, 0.29) is 6.04 Å². The third kappa shape index (κ3) is 2.68. The van der Waals surface area contributed by atoms with E-state index in [1.807, 2.05) is 29.5 Å². The van der Waals surface area contributed by atoms with E-state index in [4.69, 9.17) is 4.74 Å². The summed E-state index contributed by atoms with van der Waals surface area (Å²) in [5, 5.41) is 9.71. The molecule has 0 fully saturated rings. The Morgan fingerprint density at radius 3 is 2.94 bits per heavy atom. The Labute approximate surface area is 105 Å². The molecule has 0 bridgehead atoms. The Hall–Kier alpha value is -1.33. The molecule has 92 valence electrons. The highest BCUT2D eigenvalue weighted by molar-refractivity contribution is 7.10. The average molecular weight is 251 g/mol. The van der Waals surface area contributed by atoms with Crippen molar-refractivity contribution in [1.82, 2.24) is 15.1 Å². The maximum absolute atomic E-state index is 5.23. The average Bonchev–Trinajstić information content (AvgIpc) is 2.94. The summed E-state index contributed by atoms with van der Waals surface area (Å²) in [5.74, 6) is 0.914. The van der Waals surface area contributed by atoms with Gasteiger partial charge in [0.15, 0.2) is 0 Å². The van der Waals surface area contributed by atoms with Crippen molar-refractivity contribution in [3.05, 3.63) is 34.3 Å². The first-order chi connectivity index (χ1) is 8.24. The van der Waals surface area contributed by atoms with Gasteiger partial charge in [-0.05, 0) is 12.6 Å². The van der Waals surface area contributed by atoms with Gasteiger partial charge in [0.1, 0.15) is 5.75 Å². The van der Waals surface area contributed by atoms with Gasteiger partial charge in [-0.2, -0.15) is 5.10 Å². The van der Waals surface area contributed by atoms with Crippen LogP contribution < -0.4 is 10.1 Å². The van der Waals surface area contributed by atoms with E-state index in [9.17, 15) is 0 Å². The van der Waals surface area contributed by atoms with Crippen LogP contribution in [0.15, 0.2) is 23.8 Å². The molecule has 0 aliphatic rings. The summed E-state index contributed by atoms with van der Waals surface area (Å²) in [6, 6.07) is 2.27. The van der Waals surface area contributed by atoms with Gasteiger partial charge in [-0.25, -0.2) is 0 Å². The van der Waals surface area contributed by atoms with Crippen LogP contribution in [0.4, 0.5) is 0 Å². The molecule has 1 unspecified atom stereocenters. The molecule has 5 heteroatoms. The lowest BCUT2D eigenvalue weighted by molar-refractivity contribution is 0.416. The van der Waals surface area contributed by atoms with E-state index < -0.39 is 0 Å². The van der Waals surface area contributed by atoms with E-state index in [0.29, 0.717) is 0 Å². The predicted octanol–water partition coefficient (Wildman–Crippen LogP) is 2.19. The van der Waals surface area contributed by atoms with E-state index in [0.717, 1.165) is 12.3 Å². The molecule has 0 aliphatic carbocycles. The lowest BCUT2D eigenvalue weighted by Crippen LogP contribution is -2.20. The molecule has 2 heterocycles. The highest BCUT2D eigenvalue weighted by Crippen LogP contribution is 2.30. The summed E-state index contributed by atoms with van der Waals surface area (Å²) in [4.78, 5) is 1.25. The quantitative estimate of drug-likeness (QED) is 0.885. The summed E-state index contributed by atoms with van der Waals surface area (Å²) in [6.45, 7) is 3.02. The summed E-state index contributed by atoms with van der Waals surface area (Å²) < 4.78 is 7.05. The minimum absolute atomic E-state index is 0.197. The summed E-state index contributed by atoms with van der Waals surface area (Å²) in [6.07, 6.45) is 3.94. The van der Waals surface area contributed by atoms with Gasteiger partial charge in [-0.3, -0.25) is 4.68 Å². The monoisotopic (exact) mass is 251 g/mol. The zero-order chi connectivity index (χ0) is 12.3. The SMILES string of the molecule is CCNC(c1cnn(C)c1)c1cc(OC)cs1. The minimum atomic E-state index is 0.197. The zero-order valence-corrected chi connectivity index (χ0v) is 11.1. The first kappa shape index (κ1) is 12.1. The first-order valence-electron chi connectivity index (χ1n) is 5.59. The second kappa shape index (κ2) is 5.33. The summed E-state index contributed by atoms with van der Waals surface area (Å²) >= 11 is 1.70. The minimum Gasteiger partial charge on any atom is -0.496 e. The molecule has 2 aromatic heterocycles. The molecule has 0 spiro atoms. The van der Waals surface area contributed by atoms with E-state index in [1.54, 1.807) is 18.4 Å². The van der Waals surface area contributed by atoms with Crippen LogP contribution in [0.3, 0.4) is 0 Å². The lowest BCUT2D eigenvalue weighted by Gasteiger charge is -2.14. The zero-order valence-electron chi connectivity index (χ0n) is 10.3. The Bertz CT molecular complexity index is 478. The van der Waals surface area contributed by atoms with Gasteiger partial charge in [0.2, 0.25) is 0 Å². The second-order valence-electron chi connectivity index (χ2n) is 3.83. The van der Waals surface area contributed by atoms with Crippen LogP contribution in [0, 0.1) is 0 Å².